The monoisotopic (exact) mass is 297 g/mol. The van der Waals surface area contributed by atoms with Crippen molar-refractivity contribution >= 4 is 33.5 Å². The number of nitrogen functional groups attached to an aromatic ring is 1. The van der Waals surface area contributed by atoms with Gasteiger partial charge in [-0.3, -0.25) is 10.5 Å². The second-order valence-electron chi connectivity index (χ2n) is 2.95. The summed E-state index contributed by atoms with van der Waals surface area (Å²) in [4.78, 5) is 4.88. The predicted octanol–water partition coefficient (Wildman–Crippen LogP) is 2.00. The van der Waals surface area contributed by atoms with Gasteiger partial charge in [0.2, 0.25) is 0 Å². The average molecular weight is 298 g/mol. The summed E-state index contributed by atoms with van der Waals surface area (Å²) >= 11 is 4.73. The fourth-order valence-corrected chi connectivity index (χ4v) is 2.33. The number of aromatic amines is 1. The molecule has 0 spiro atoms. The molecule has 1 aromatic heterocycles. The third kappa shape index (κ3) is 2.42. The van der Waals surface area contributed by atoms with Gasteiger partial charge in [0.05, 0.1) is 0 Å². The van der Waals surface area contributed by atoms with Gasteiger partial charge in [-0.25, -0.2) is 4.98 Å². The fraction of sp³-hybridized carbons (Fsp3) is 0. The van der Waals surface area contributed by atoms with Crippen LogP contribution in [0.4, 0.5) is 0 Å². The van der Waals surface area contributed by atoms with Gasteiger partial charge in [-0.05, 0) is 30.0 Å². The number of halogens is 1. The van der Waals surface area contributed by atoms with Crippen LogP contribution >= 0.6 is 27.7 Å². The third-order valence-corrected chi connectivity index (χ3v) is 3.29. The average Bonchev–Trinajstić information content (AvgIpc) is 2.73. The van der Waals surface area contributed by atoms with Crippen molar-refractivity contribution in [2.75, 3.05) is 0 Å². The normalized spacial score (nSPS) is 10.3. The SMILES string of the molecule is N=C(N)c1cc(Br)ccc1Sc1ncn[nH]1. The molecule has 2 aromatic rings. The van der Waals surface area contributed by atoms with E-state index in [2.05, 4.69) is 31.1 Å². The van der Waals surface area contributed by atoms with E-state index in [1.54, 1.807) is 6.07 Å². The van der Waals surface area contributed by atoms with Gasteiger partial charge in [0, 0.05) is 14.9 Å². The molecule has 0 saturated heterocycles. The Bertz CT molecular complexity index is 511. The lowest BCUT2D eigenvalue weighted by Gasteiger charge is -2.06. The first kappa shape index (κ1) is 11.2. The zero-order valence-electron chi connectivity index (χ0n) is 8.07. The predicted molar refractivity (Wildman–Crippen MR) is 65.7 cm³/mol. The minimum atomic E-state index is 0.0308. The number of nitrogens with zero attached hydrogens (tertiary/aromatic N) is 2. The molecule has 0 fully saturated rings. The number of aromatic nitrogens is 3. The first-order valence-electron chi connectivity index (χ1n) is 4.34. The smallest absolute Gasteiger partial charge is 0.188 e. The molecule has 0 aliphatic carbocycles. The van der Waals surface area contributed by atoms with Crippen LogP contribution in [0.5, 0.6) is 0 Å². The molecule has 0 aliphatic heterocycles. The van der Waals surface area contributed by atoms with Crippen molar-refractivity contribution in [2.24, 2.45) is 5.73 Å². The van der Waals surface area contributed by atoms with E-state index in [4.69, 9.17) is 11.1 Å². The first-order valence-corrected chi connectivity index (χ1v) is 5.95. The number of rotatable bonds is 3. The van der Waals surface area contributed by atoms with Crippen molar-refractivity contribution in [3.8, 4) is 0 Å². The van der Waals surface area contributed by atoms with Gasteiger partial charge in [0.15, 0.2) is 5.16 Å². The minimum absolute atomic E-state index is 0.0308. The lowest BCUT2D eigenvalue weighted by Crippen LogP contribution is -2.12. The van der Waals surface area contributed by atoms with E-state index >= 15 is 0 Å². The Balaban J connectivity index is 2.36. The van der Waals surface area contributed by atoms with Crippen molar-refractivity contribution in [3.05, 3.63) is 34.6 Å². The molecule has 0 bridgehead atoms. The number of hydrogen-bond acceptors (Lipinski definition) is 4. The Labute approximate surface area is 104 Å². The molecular formula is C9H8BrN5S. The Hall–Kier alpha value is -1.34. The lowest BCUT2D eigenvalue weighted by molar-refractivity contribution is 0.973. The zero-order valence-corrected chi connectivity index (χ0v) is 10.5. The second kappa shape index (κ2) is 4.67. The highest BCUT2D eigenvalue weighted by Crippen LogP contribution is 2.29. The van der Waals surface area contributed by atoms with Crippen LogP contribution in [0.3, 0.4) is 0 Å². The highest BCUT2D eigenvalue weighted by atomic mass is 79.9. The van der Waals surface area contributed by atoms with Gasteiger partial charge in [0.25, 0.3) is 0 Å². The number of amidine groups is 1. The molecule has 16 heavy (non-hydrogen) atoms. The Morgan fingerprint density at radius 3 is 2.94 bits per heavy atom. The first-order chi connectivity index (χ1) is 7.66. The second-order valence-corrected chi connectivity index (χ2v) is 4.89. The van der Waals surface area contributed by atoms with Gasteiger partial charge in [-0.1, -0.05) is 15.9 Å². The minimum Gasteiger partial charge on any atom is -0.384 e. The third-order valence-electron chi connectivity index (χ3n) is 1.83. The number of nitrogens with one attached hydrogen (secondary N) is 2. The van der Waals surface area contributed by atoms with Gasteiger partial charge < -0.3 is 5.73 Å². The number of benzene rings is 1. The van der Waals surface area contributed by atoms with Crippen molar-refractivity contribution < 1.29 is 0 Å². The Morgan fingerprint density at radius 2 is 2.31 bits per heavy atom. The molecule has 4 N–H and O–H groups in total. The van der Waals surface area contributed by atoms with E-state index in [0.29, 0.717) is 10.7 Å². The molecule has 5 nitrogen and oxygen atoms in total. The van der Waals surface area contributed by atoms with Crippen molar-refractivity contribution in [1.29, 1.82) is 5.41 Å². The van der Waals surface area contributed by atoms with Crippen molar-refractivity contribution in [1.82, 2.24) is 15.2 Å². The van der Waals surface area contributed by atoms with E-state index in [1.807, 2.05) is 12.1 Å². The molecule has 0 atom stereocenters. The molecule has 0 saturated carbocycles. The van der Waals surface area contributed by atoms with Crippen LogP contribution in [-0.4, -0.2) is 21.0 Å². The highest BCUT2D eigenvalue weighted by Gasteiger charge is 2.09. The van der Waals surface area contributed by atoms with Crippen LogP contribution in [-0.2, 0) is 0 Å². The van der Waals surface area contributed by atoms with Gasteiger partial charge in [-0.15, -0.1) is 0 Å². The molecular weight excluding hydrogens is 290 g/mol. The van der Waals surface area contributed by atoms with Crippen molar-refractivity contribution in [2.45, 2.75) is 10.1 Å². The van der Waals surface area contributed by atoms with Crippen LogP contribution in [0.2, 0.25) is 0 Å². The van der Waals surface area contributed by atoms with Crippen LogP contribution < -0.4 is 5.73 Å². The van der Waals surface area contributed by atoms with Gasteiger partial charge >= 0.3 is 0 Å². The number of nitrogens with two attached hydrogens (primary N) is 1. The standard InChI is InChI=1S/C9H8BrN5S/c10-5-1-2-7(6(3-5)8(11)12)16-9-13-4-14-15-9/h1-4H,(H3,11,12)(H,13,14,15). The maximum Gasteiger partial charge on any atom is 0.188 e. The molecule has 2 rings (SSSR count). The van der Waals surface area contributed by atoms with Gasteiger partial charge in [-0.2, -0.15) is 5.10 Å². The van der Waals surface area contributed by atoms with Gasteiger partial charge in [0.1, 0.15) is 12.2 Å². The molecule has 0 aliphatic rings. The summed E-state index contributed by atoms with van der Waals surface area (Å²) in [6.45, 7) is 0. The van der Waals surface area contributed by atoms with Crippen LogP contribution in [0, 0.1) is 5.41 Å². The zero-order chi connectivity index (χ0) is 11.5. The maximum absolute atomic E-state index is 7.50. The summed E-state index contributed by atoms with van der Waals surface area (Å²) in [5, 5.41) is 14.7. The fourth-order valence-electron chi connectivity index (χ4n) is 1.15. The van der Waals surface area contributed by atoms with E-state index in [0.717, 1.165) is 9.37 Å². The largest absolute Gasteiger partial charge is 0.384 e. The molecule has 1 heterocycles. The van der Waals surface area contributed by atoms with Crippen LogP contribution in [0.25, 0.3) is 0 Å². The molecule has 0 amide bonds. The van der Waals surface area contributed by atoms with E-state index in [1.165, 1.54) is 18.1 Å². The summed E-state index contributed by atoms with van der Waals surface area (Å²) in [5.41, 5.74) is 6.19. The number of H-pyrrole nitrogens is 1. The summed E-state index contributed by atoms with van der Waals surface area (Å²) in [6.07, 6.45) is 1.44. The Kier molecular flexibility index (Phi) is 3.25. The summed E-state index contributed by atoms with van der Waals surface area (Å²) < 4.78 is 0.889. The number of hydrogen-bond donors (Lipinski definition) is 3. The highest BCUT2D eigenvalue weighted by molar-refractivity contribution is 9.10. The lowest BCUT2D eigenvalue weighted by atomic mass is 10.2. The molecule has 82 valence electrons. The molecule has 0 radical (unpaired) electrons. The van der Waals surface area contributed by atoms with E-state index < -0.39 is 0 Å². The quantitative estimate of drug-likeness (QED) is 0.597. The van der Waals surface area contributed by atoms with E-state index in [9.17, 15) is 0 Å². The summed E-state index contributed by atoms with van der Waals surface area (Å²) in [5.74, 6) is 0.0308. The summed E-state index contributed by atoms with van der Waals surface area (Å²) in [6, 6.07) is 5.58. The molecule has 1 aromatic carbocycles. The summed E-state index contributed by atoms with van der Waals surface area (Å²) in [7, 11) is 0. The molecule has 7 heteroatoms. The van der Waals surface area contributed by atoms with E-state index in [-0.39, 0.29) is 5.84 Å². The van der Waals surface area contributed by atoms with Crippen LogP contribution in [0.15, 0.2) is 39.1 Å². The maximum atomic E-state index is 7.50. The van der Waals surface area contributed by atoms with Crippen molar-refractivity contribution in [3.63, 3.8) is 0 Å². The molecule has 0 unspecified atom stereocenters. The van der Waals surface area contributed by atoms with Crippen LogP contribution in [0.1, 0.15) is 5.56 Å². The topological polar surface area (TPSA) is 91.4 Å². The Morgan fingerprint density at radius 1 is 1.50 bits per heavy atom.